The summed E-state index contributed by atoms with van der Waals surface area (Å²) >= 11 is 1.51. The first-order chi connectivity index (χ1) is 12.6. The van der Waals surface area contributed by atoms with Crippen LogP contribution >= 0.6 is 11.3 Å². The average molecular weight is 367 g/mol. The van der Waals surface area contributed by atoms with Crippen molar-refractivity contribution in [2.75, 3.05) is 6.61 Å². The van der Waals surface area contributed by atoms with E-state index in [-0.39, 0.29) is 12.5 Å². The molecule has 3 rings (SSSR count). The van der Waals surface area contributed by atoms with Gasteiger partial charge < -0.3 is 10.1 Å². The predicted molar refractivity (Wildman–Crippen MR) is 103 cm³/mol. The Bertz CT molecular complexity index is 862. The number of nitrogens with zero attached hydrogens (tertiary/aromatic N) is 2. The van der Waals surface area contributed by atoms with E-state index in [4.69, 9.17) is 4.74 Å². The molecule has 5 nitrogen and oxygen atoms in total. The Hall–Kier alpha value is -2.73. The molecule has 0 bridgehead atoms. The molecule has 0 spiro atoms. The van der Waals surface area contributed by atoms with E-state index in [1.807, 2.05) is 41.8 Å². The van der Waals surface area contributed by atoms with E-state index in [1.165, 1.54) is 16.9 Å². The van der Waals surface area contributed by atoms with Gasteiger partial charge in [-0.15, -0.1) is 11.3 Å². The van der Waals surface area contributed by atoms with Crippen molar-refractivity contribution in [3.05, 3.63) is 65.3 Å². The second-order valence-corrected chi connectivity index (χ2v) is 7.01. The summed E-state index contributed by atoms with van der Waals surface area (Å²) in [7, 11) is 0. The van der Waals surface area contributed by atoms with Gasteiger partial charge in [0.25, 0.3) is 5.91 Å². The maximum atomic E-state index is 12.0. The Kier molecular flexibility index (Phi) is 5.96. The highest BCUT2D eigenvalue weighted by Gasteiger charge is 2.08. The summed E-state index contributed by atoms with van der Waals surface area (Å²) in [5, 5.41) is 5.60. The summed E-state index contributed by atoms with van der Waals surface area (Å²) in [6.07, 6.45) is 1.74. The highest BCUT2D eigenvalue weighted by atomic mass is 32.1. The van der Waals surface area contributed by atoms with E-state index < -0.39 is 0 Å². The number of hydrogen-bond donors (Lipinski definition) is 1. The molecule has 6 heteroatoms. The van der Waals surface area contributed by atoms with Gasteiger partial charge in [0.1, 0.15) is 10.8 Å². The smallest absolute Gasteiger partial charge is 0.258 e. The minimum Gasteiger partial charge on any atom is -0.484 e. The molecule has 0 aliphatic carbocycles. The molecule has 3 aromatic rings. The molecule has 1 amide bonds. The van der Waals surface area contributed by atoms with E-state index in [1.54, 1.807) is 6.20 Å². The molecule has 1 aromatic carbocycles. The van der Waals surface area contributed by atoms with Crippen molar-refractivity contribution in [3.8, 4) is 16.5 Å². The van der Waals surface area contributed by atoms with E-state index >= 15 is 0 Å². The van der Waals surface area contributed by atoms with E-state index in [0.29, 0.717) is 18.2 Å². The number of ether oxygens (including phenoxy) is 1. The lowest BCUT2D eigenvalue weighted by molar-refractivity contribution is -0.123. The molecule has 0 saturated carbocycles. The Morgan fingerprint density at radius 1 is 1.23 bits per heavy atom. The SMILES string of the molecule is CC(C)c1cccc(OCC(=O)NCc2csc(-c3ccccn3)n2)c1. The van der Waals surface area contributed by atoms with Crippen molar-refractivity contribution < 1.29 is 9.53 Å². The van der Waals surface area contributed by atoms with E-state index in [2.05, 4.69) is 35.2 Å². The van der Waals surface area contributed by atoms with Crippen LogP contribution in [0, 0.1) is 0 Å². The topological polar surface area (TPSA) is 64.1 Å². The number of pyridine rings is 1. The van der Waals surface area contributed by atoms with Gasteiger partial charge in [0.15, 0.2) is 6.61 Å². The van der Waals surface area contributed by atoms with Crippen LogP contribution < -0.4 is 10.1 Å². The second kappa shape index (κ2) is 8.58. The molecule has 0 unspecified atom stereocenters. The van der Waals surface area contributed by atoms with Crippen LogP contribution in [0.25, 0.3) is 10.7 Å². The lowest BCUT2D eigenvalue weighted by atomic mass is 10.0. The van der Waals surface area contributed by atoms with Crippen molar-refractivity contribution >= 4 is 17.2 Å². The lowest BCUT2D eigenvalue weighted by Gasteiger charge is -2.10. The molecule has 0 radical (unpaired) electrons. The fourth-order valence-corrected chi connectivity index (χ4v) is 3.14. The van der Waals surface area contributed by atoms with E-state index in [0.717, 1.165) is 16.4 Å². The molecule has 0 atom stereocenters. The minimum absolute atomic E-state index is 0.0151. The number of aromatic nitrogens is 2. The Labute approximate surface area is 157 Å². The van der Waals surface area contributed by atoms with Gasteiger partial charge in [-0.05, 0) is 35.7 Å². The molecule has 2 aromatic heterocycles. The zero-order chi connectivity index (χ0) is 18.4. The molecule has 0 aliphatic rings. The van der Waals surface area contributed by atoms with Gasteiger partial charge >= 0.3 is 0 Å². The van der Waals surface area contributed by atoms with Crippen LogP contribution in [0.5, 0.6) is 5.75 Å². The molecule has 0 saturated heterocycles. The molecule has 0 fully saturated rings. The van der Waals surface area contributed by atoms with Crippen LogP contribution in [-0.2, 0) is 11.3 Å². The standard InChI is InChI=1S/C20H21N3O2S/c1-14(2)15-6-5-7-17(10-15)25-12-19(24)22-11-16-13-26-20(23-16)18-8-3-4-9-21-18/h3-10,13-14H,11-12H2,1-2H3,(H,22,24). The summed E-state index contributed by atoms with van der Waals surface area (Å²) < 4.78 is 5.58. The molecular weight excluding hydrogens is 346 g/mol. The number of carbonyl (C=O) groups excluding carboxylic acids is 1. The Balaban J connectivity index is 1.49. The van der Waals surface area contributed by atoms with Crippen LogP contribution in [0.2, 0.25) is 0 Å². The number of amides is 1. The highest BCUT2D eigenvalue weighted by molar-refractivity contribution is 7.13. The van der Waals surface area contributed by atoms with Crippen molar-refractivity contribution in [1.29, 1.82) is 0 Å². The third kappa shape index (κ3) is 4.89. The first-order valence-electron chi connectivity index (χ1n) is 8.47. The van der Waals surface area contributed by atoms with Gasteiger partial charge in [-0.3, -0.25) is 9.78 Å². The molecule has 134 valence electrons. The maximum absolute atomic E-state index is 12.0. The first kappa shape index (κ1) is 18.1. The highest BCUT2D eigenvalue weighted by Crippen LogP contribution is 2.21. The molecule has 26 heavy (non-hydrogen) atoms. The number of nitrogens with one attached hydrogen (secondary N) is 1. The number of carbonyl (C=O) groups is 1. The van der Waals surface area contributed by atoms with Crippen molar-refractivity contribution in [2.24, 2.45) is 0 Å². The summed E-state index contributed by atoms with van der Waals surface area (Å²) in [6, 6.07) is 13.5. The zero-order valence-electron chi connectivity index (χ0n) is 14.8. The summed E-state index contributed by atoms with van der Waals surface area (Å²) in [6.45, 7) is 4.61. The summed E-state index contributed by atoms with van der Waals surface area (Å²) in [5.74, 6) is 0.954. The van der Waals surface area contributed by atoms with E-state index in [9.17, 15) is 4.79 Å². The second-order valence-electron chi connectivity index (χ2n) is 6.15. The average Bonchev–Trinajstić information content (AvgIpc) is 3.15. The van der Waals surface area contributed by atoms with Crippen molar-refractivity contribution in [1.82, 2.24) is 15.3 Å². The van der Waals surface area contributed by atoms with Crippen LogP contribution in [0.4, 0.5) is 0 Å². The number of thiazole rings is 1. The quantitative estimate of drug-likeness (QED) is 0.685. The van der Waals surface area contributed by atoms with Gasteiger partial charge in [-0.1, -0.05) is 32.0 Å². The maximum Gasteiger partial charge on any atom is 0.258 e. The van der Waals surface area contributed by atoms with Crippen LogP contribution in [0.15, 0.2) is 54.0 Å². The molecular formula is C20H21N3O2S. The Morgan fingerprint density at radius 2 is 2.12 bits per heavy atom. The molecule has 2 heterocycles. The zero-order valence-corrected chi connectivity index (χ0v) is 15.6. The van der Waals surface area contributed by atoms with Crippen LogP contribution in [0.3, 0.4) is 0 Å². The summed E-state index contributed by atoms with van der Waals surface area (Å²) in [5.41, 5.74) is 2.83. The number of rotatable bonds is 7. The number of hydrogen-bond acceptors (Lipinski definition) is 5. The van der Waals surface area contributed by atoms with Crippen LogP contribution in [0.1, 0.15) is 31.0 Å². The fourth-order valence-electron chi connectivity index (χ4n) is 2.35. The monoisotopic (exact) mass is 367 g/mol. The Morgan fingerprint density at radius 3 is 2.88 bits per heavy atom. The van der Waals surface area contributed by atoms with Crippen molar-refractivity contribution in [2.45, 2.75) is 26.3 Å². The minimum atomic E-state index is -0.174. The van der Waals surface area contributed by atoms with Gasteiger partial charge in [0, 0.05) is 11.6 Å². The van der Waals surface area contributed by atoms with Gasteiger partial charge in [-0.25, -0.2) is 4.98 Å². The lowest BCUT2D eigenvalue weighted by Crippen LogP contribution is -2.28. The number of benzene rings is 1. The van der Waals surface area contributed by atoms with Crippen LogP contribution in [-0.4, -0.2) is 22.5 Å². The first-order valence-corrected chi connectivity index (χ1v) is 9.35. The molecule has 0 aliphatic heterocycles. The third-order valence-electron chi connectivity index (χ3n) is 3.80. The van der Waals surface area contributed by atoms with Crippen molar-refractivity contribution in [3.63, 3.8) is 0 Å². The molecule has 1 N–H and O–H groups in total. The normalized spacial score (nSPS) is 10.7. The largest absolute Gasteiger partial charge is 0.484 e. The fraction of sp³-hybridized carbons (Fsp3) is 0.250. The summed E-state index contributed by atoms with van der Waals surface area (Å²) in [4.78, 5) is 20.8. The third-order valence-corrected chi connectivity index (χ3v) is 4.71. The van der Waals surface area contributed by atoms with Gasteiger partial charge in [0.05, 0.1) is 17.9 Å². The van der Waals surface area contributed by atoms with Gasteiger partial charge in [-0.2, -0.15) is 0 Å². The predicted octanol–water partition coefficient (Wildman–Crippen LogP) is 4.02. The van der Waals surface area contributed by atoms with Gasteiger partial charge in [0.2, 0.25) is 0 Å².